The largest absolute Gasteiger partial charge is 0.323 e. The Hall–Kier alpha value is -2.64. The van der Waals surface area contributed by atoms with Crippen molar-refractivity contribution in [3.63, 3.8) is 0 Å². The Bertz CT molecular complexity index is 703. The van der Waals surface area contributed by atoms with Crippen LogP contribution < -0.4 is 21.9 Å². The molecule has 22 heavy (non-hydrogen) atoms. The minimum absolute atomic E-state index is 0.151. The normalized spacial score (nSPS) is 9.95. The van der Waals surface area contributed by atoms with Crippen molar-refractivity contribution in [2.75, 3.05) is 10.6 Å². The molecule has 2 aromatic carbocycles. The van der Waals surface area contributed by atoms with Gasteiger partial charge in [-0.15, -0.1) is 0 Å². The predicted molar refractivity (Wildman–Crippen MR) is 82.1 cm³/mol. The average Bonchev–Trinajstić information content (AvgIpc) is 2.45. The Balaban J connectivity index is 2.14. The van der Waals surface area contributed by atoms with E-state index in [4.69, 9.17) is 17.4 Å². The number of hydrogen-bond donors (Lipinski definition) is 4. The van der Waals surface area contributed by atoms with Gasteiger partial charge in [0.05, 0.1) is 11.3 Å². The van der Waals surface area contributed by atoms with E-state index in [2.05, 4.69) is 10.6 Å². The molecule has 0 aromatic heterocycles. The number of nitrogens with one attached hydrogen (secondary N) is 3. The molecule has 3 amide bonds. The summed E-state index contributed by atoms with van der Waals surface area (Å²) in [5.41, 5.74) is 2.61. The molecule has 6 nitrogen and oxygen atoms in total. The van der Waals surface area contributed by atoms with Crippen LogP contribution in [-0.2, 0) is 0 Å². The van der Waals surface area contributed by atoms with Crippen LogP contribution in [0.4, 0.5) is 20.6 Å². The zero-order chi connectivity index (χ0) is 16.1. The zero-order valence-corrected chi connectivity index (χ0v) is 11.9. The molecule has 114 valence electrons. The lowest BCUT2D eigenvalue weighted by molar-refractivity contribution is 0.0954. The van der Waals surface area contributed by atoms with E-state index < -0.39 is 17.8 Å². The number of halogens is 2. The second kappa shape index (κ2) is 6.88. The summed E-state index contributed by atoms with van der Waals surface area (Å²) in [6, 6.07) is 9.26. The molecule has 0 fully saturated rings. The number of carbonyl (C=O) groups is 2. The summed E-state index contributed by atoms with van der Waals surface area (Å²) in [6.07, 6.45) is 0. The van der Waals surface area contributed by atoms with Crippen LogP contribution in [0.5, 0.6) is 0 Å². The maximum absolute atomic E-state index is 13.2. The van der Waals surface area contributed by atoms with E-state index in [1.165, 1.54) is 18.2 Å². The summed E-state index contributed by atoms with van der Waals surface area (Å²) in [7, 11) is 0. The first-order valence-electron chi connectivity index (χ1n) is 6.13. The molecule has 5 N–H and O–H groups in total. The standard InChI is InChI=1S/C14H12ClFN4O2/c15-8-5-9(16)7-10(6-8)18-14(22)19-12-4-2-1-3-11(12)13(21)20-17/h1-7H,17H2,(H,20,21)(H2,18,19,22). The number of nitrogens with two attached hydrogens (primary N) is 1. The van der Waals surface area contributed by atoms with Crippen molar-refractivity contribution in [1.82, 2.24) is 5.43 Å². The van der Waals surface area contributed by atoms with Crippen LogP contribution in [0.25, 0.3) is 0 Å². The van der Waals surface area contributed by atoms with Gasteiger partial charge < -0.3 is 10.6 Å². The second-order valence-corrected chi connectivity index (χ2v) is 4.69. The second-order valence-electron chi connectivity index (χ2n) is 4.26. The molecule has 0 unspecified atom stereocenters. The Morgan fingerprint density at radius 1 is 1.09 bits per heavy atom. The lowest BCUT2D eigenvalue weighted by Gasteiger charge is -2.11. The fourth-order valence-corrected chi connectivity index (χ4v) is 2.00. The topological polar surface area (TPSA) is 96.2 Å². The number of benzene rings is 2. The van der Waals surface area contributed by atoms with E-state index in [1.807, 2.05) is 5.43 Å². The first-order chi connectivity index (χ1) is 10.5. The maximum atomic E-state index is 13.2. The molecule has 0 heterocycles. The quantitative estimate of drug-likeness (QED) is 0.397. The number of amides is 3. The summed E-state index contributed by atoms with van der Waals surface area (Å²) < 4.78 is 13.2. The molecule has 0 spiro atoms. The maximum Gasteiger partial charge on any atom is 0.323 e. The Labute approximate surface area is 130 Å². The molecule has 0 saturated heterocycles. The number of nitrogen functional groups attached to an aromatic ring is 1. The van der Waals surface area contributed by atoms with Crippen LogP contribution in [-0.4, -0.2) is 11.9 Å². The van der Waals surface area contributed by atoms with Gasteiger partial charge in [0, 0.05) is 10.7 Å². The molecule has 2 aromatic rings. The van der Waals surface area contributed by atoms with E-state index in [-0.39, 0.29) is 22.0 Å². The van der Waals surface area contributed by atoms with Crippen LogP contribution in [0.1, 0.15) is 10.4 Å². The van der Waals surface area contributed by atoms with Gasteiger partial charge >= 0.3 is 6.03 Å². The monoisotopic (exact) mass is 322 g/mol. The van der Waals surface area contributed by atoms with Crippen LogP contribution in [0, 0.1) is 5.82 Å². The lowest BCUT2D eigenvalue weighted by atomic mass is 10.1. The molecule has 0 atom stereocenters. The molecular formula is C14H12ClFN4O2. The third-order valence-electron chi connectivity index (χ3n) is 2.67. The Kier molecular flexibility index (Phi) is 4.92. The molecular weight excluding hydrogens is 311 g/mol. The summed E-state index contributed by atoms with van der Waals surface area (Å²) >= 11 is 5.70. The van der Waals surface area contributed by atoms with Gasteiger partial charge in [-0.25, -0.2) is 15.0 Å². The average molecular weight is 323 g/mol. The predicted octanol–water partition coefficient (Wildman–Crippen LogP) is 2.73. The van der Waals surface area contributed by atoms with Gasteiger partial charge in [-0.1, -0.05) is 23.7 Å². The number of para-hydroxylation sites is 1. The summed E-state index contributed by atoms with van der Waals surface area (Å²) in [6.45, 7) is 0. The molecule has 0 bridgehead atoms. The molecule has 0 saturated carbocycles. The van der Waals surface area contributed by atoms with E-state index in [9.17, 15) is 14.0 Å². The molecule has 0 aliphatic rings. The van der Waals surface area contributed by atoms with E-state index >= 15 is 0 Å². The SMILES string of the molecule is NNC(=O)c1ccccc1NC(=O)Nc1cc(F)cc(Cl)c1. The third-order valence-corrected chi connectivity index (χ3v) is 2.89. The van der Waals surface area contributed by atoms with E-state index in [0.717, 1.165) is 12.1 Å². The van der Waals surface area contributed by atoms with Gasteiger partial charge in [-0.3, -0.25) is 10.2 Å². The minimum Gasteiger partial charge on any atom is -0.308 e. The van der Waals surface area contributed by atoms with Crippen LogP contribution in [0.15, 0.2) is 42.5 Å². The molecule has 0 aliphatic heterocycles. The van der Waals surface area contributed by atoms with Crippen LogP contribution >= 0.6 is 11.6 Å². The van der Waals surface area contributed by atoms with Gasteiger partial charge in [-0.2, -0.15) is 0 Å². The number of urea groups is 1. The van der Waals surface area contributed by atoms with Gasteiger partial charge in [0.15, 0.2) is 0 Å². The van der Waals surface area contributed by atoms with E-state index in [1.54, 1.807) is 12.1 Å². The van der Waals surface area contributed by atoms with Crippen molar-refractivity contribution in [1.29, 1.82) is 0 Å². The highest BCUT2D eigenvalue weighted by molar-refractivity contribution is 6.31. The number of anilines is 2. The fraction of sp³-hybridized carbons (Fsp3) is 0. The smallest absolute Gasteiger partial charge is 0.308 e. The lowest BCUT2D eigenvalue weighted by Crippen LogP contribution is -2.31. The minimum atomic E-state index is -0.654. The number of carbonyl (C=O) groups excluding carboxylic acids is 2. The fourth-order valence-electron chi connectivity index (χ4n) is 1.78. The van der Waals surface area contributed by atoms with Crippen LogP contribution in [0.3, 0.4) is 0 Å². The van der Waals surface area contributed by atoms with E-state index in [0.29, 0.717) is 0 Å². The summed E-state index contributed by atoms with van der Waals surface area (Å²) in [4.78, 5) is 23.5. The van der Waals surface area contributed by atoms with Gasteiger partial charge in [0.2, 0.25) is 0 Å². The summed E-state index contributed by atoms with van der Waals surface area (Å²) in [5.74, 6) is 3.95. The number of rotatable bonds is 3. The molecule has 0 radical (unpaired) electrons. The van der Waals surface area contributed by atoms with Gasteiger partial charge in [-0.05, 0) is 30.3 Å². The van der Waals surface area contributed by atoms with Crippen molar-refractivity contribution >= 4 is 34.9 Å². The van der Waals surface area contributed by atoms with Gasteiger partial charge in [0.25, 0.3) is 5.91 Å². The molecule has 0 aliphatic carbocycles. The third kappa shape index (κ3) is 3.94. The Morgan fingerprint density at radius 3 is 2.50 bits per heavy atom. The van der Waals surface area contributed by atoms with Gasteiger partial charge in [0.1, 0.15) is 5.82 Å². The molecule has 2 rings (SSSR count). The van der Waals surface area contributed by atoms with Crippen molar-refractivity contribution in [2.45, 2.75) is 0 Å². The number of hydrogen-bond acceptors (Lipinski definition) is 3. The van der Waals surface area contributed by atoms with Crippen molar-refractivity contribution in [3.8, 4) is 0 Å². The highest BCUT2D eigenvalue weighted by atomic mass is 35.5. The van der Waals surface area contributed by atoms with Crippen molar-refractivity contribution in [2.24, 2.45) is 5.84 Å². The number of hydrazine groups is 1. The Morgan fingerprint density at radius 2 is 1.82 bits per heavy atom. The summed E-state index contributed by atoms with van der Waals surface area (Å²) in [5, 5.41) is 5.05. The molecule has 8 heteroatoms. The van der Waals surface area contributed by atoms with Crippen molar-refractivity contribution in [3.05, 3.63) is 58.9 Å². The van der Waals surface area contributed by atoms with Crippen LogP contribution in [0.2, 0.25) is 5.02 Å². The van der Waals surface area contributed by atoms with Crippen molar-refractivity contribution < 1.29 is 14.0 Å². The first-order valence-corrected chi connectivity index (χ1v) is 6.51. The highest BCUT2D eigenvalue weighted by Crippen LogP contribution is 2.19. The zero-order valence-electron chi connectivity index (χ0n) is 11.2. The first kappa shape index (κ1) is 15.7. The highest BCUT2D eigenvalue weighted by Gasteiger charge is 2.12.